The predicted octanol–water partition coefficient (Wildman–Crippen LogP) is 2.89. The molecule has 7 nitrogen and oxygen atoms in total. The standard InChI is InChI=1S/C16H12F3N3O4S2/c17-16(18,19)13-3-9-11(5-20-13)26-15(22-9)27-7-10(24)12-2-1-8(28-12)4-21-14(25)6-23/h1-3,5,23H,4,6-7H2,(H,21,25). The maximum atomic E-state index is 12.7. The van der Waals surface area contributed by atoms with Crippen molar-refractivity contribution in [2.45, 2.75) is 17.9 Å². The number of hydrogen-bond donors (Lipinski definition) is 2. The molecule has 28 heavy (non-hydrogen) atoms. The second-order valence-electron chi connectivity index (χ2n) is 5.43. The third kappa shape index (κ3) is 4.88. The monoisotopic (exact) mass is 431 g/mol. The summed E-state index contributed by atoms with van der Waals surface area (Å²) >= 11 is 2.15. The number of carbonyl (C=O) groups excluding carboxylic acids is 2. The van der Waals surface area contributed by atoms with Gasteiger partial charge in [-0.3, -0.25) is 9.59 Å². The Labute approximate surface area is 164 Å². The molecule has 0 aliphatic heterocycles. The average molecular weight is 431 g/mol. The molecule has 0 saturated carbocycles. The third-order valence-electron chi connectivity index (χ3n) is 3.41. The van der Waals surface area contributed by atoms with E-state index < -0.39 is 24.4 Å². The molecule has 0 saturated heterocycles. The molecule has 3 heterocycles. The molecule has 0 spiro atoms. The van der Waals surface area contributed by atoms with Gasteiger partial charge in [-0.15, -0.1) is 11.3 Å². The van der Waals surface area contributed by atoms with E-state index in [1.165, 1.54) is 11.3 Å². The summed E-state index contributed by atoms with van der Waals surface area (Å²) in [6.07, 6.45) is -3.63. The van der Waals surface area contributed by atoms with Crippen molar-refractivity contribution in [3.8, 4) is 0 Å². The minimum atomic E-state index is -4.58. The molecule has 3 aromatic heterocycles. The molecule has 148 valence electrons. The van der Waals surface area contributed by atoms with Crippen LogP contribution in [0, 0.1) is 0 Å². The summed E-state index contributed by atoms with van der Waals surface area (Å²) < 4.78 is 43.3. The largest absolute Gasteiger partial charge is 0.433 e. The molecule has 0 aliphatic rings. The van der Waals surface area contributed by atoms with E-state index in [9.17, 15) is 22.8 Å². The van der Waals surface area contributed by atoms with Gasteiger partial charge in [0.2, 0.25) is 5.91 Å². The molecule has 3 rings (SSSR count). The van der Waals surface area contributed by atoms with E-state index in [0.717, 1.165) is 28.9 Å². The van der Waals surface area contributed by atoms with Gasteiger partial charge in [0, 0.05) is 4.88 Å². The summed E-state index contributed by atoms with van der Waals surface area (Å²) in [6, 6.07) is 4.08. The van der Waals surface area contributed by atoms with Crippen LogP contribution < -0.4 is 5.32 Å². The van der Waals surface area contributed by atoms with Crippen molar-refractivity contribution < 1.29 is 32.3 Å². The van der Waals surface area contributed by atoms with E-state index in [2.05, 4.69) is 15.3 Å². The molecule has 0 radical (unpaired) electrons. The zero-order chi connectivity index (χ0) is 20.3. The van der Waals surface area contributed by atoms with Gasteiger partial charge in [0.15, 0.2) is 11.4 Å². The number of amides is 1. The predicted molar refractivity (Wildman–Crippen MR) is 95.1 cm³/mol. The van der Waals surface area contributed by atoms with Crippen LogP contribution in [0.15, 0.2) is 34.0 Å². The lowest BCUT2D eigenvalue weighted by Gasteiger charge is -2.03. The first-order chi connectivity index (χ1) is 13.3. The van der Waals surface area contributed by atoms with Gasteiger partial charge in [-0.1, -0.05) is 11.8 Å². The van der Waals surface area contributed by atoms with Gasteiger partial charge < -0.3 is 14.8 Å². The maximum absolute atomic E-state index is 12.7. The molecule has 2 N–H and O–H groups in total. The van der Waals surface area contributed by atoms with E-state index in [1.807, 2.05) is 0 Å². The summed E-state index contributed by atoms with van der Waals surface area (Å²) in [6.45, 7) is -0.414. The Kier molecular flexibility index (Phi) is 6.01. The van der Waals surface area contributed by atoms with Crippen LogP contribution in [-0.2, 0) is 17.5 Å². The van der Waals surface area contributed by atoms with Gasteiger partial charge in [0.05, 0.1) is 23.4 Å². The Balaban J connectivity index is 1.61. The Bertz CT molecular complexity index is 1020. The fraction of sp³-hybridized carbons (Fsp3) is 0.250. The summed E-state index contributed by atoms with van der Waals surface area (Å²) in [5.41, 5.74) is -0.961. The summed E-state index contributed by atoms with van der Waals surface area (Å²) in [5, 5.41) is 11.2. The number of alkyl halides is 3. The Hall–Kier alpha value is -2.44. The number of nitrogens with zero attached hydrogens (tertiary/aromatic N) is 2. The number of fused-ring (bicyclic) bond motifs is 1. The minimum Gasteiger partial charge on any atom is -0.430 e. The molecule has 3 aromatic rings. The number of ketones is 1. The quantitative estimate of drug-likeness (QED) is 0.438. The molecule has 1 amide bonds. The molecule has 0 aromatic carbocycles. The fourth-order valence-electron chi connectivity index (χ4n) is 2.09. The zero-order valence-electron chi connectivity index (χ0n) is 13.9. The number of aliphatic hydroxyl groups excluding tert-OH is 1. The summed E-state index contributed by atoms with van der Waals surface area (Å²) in [7, 11) is 0. The van der Waals surface area contributed by atoms with Gasteiger partial charge in [-0.05, 0) is 18.2 Å². The van der Waals surface area contributed by atoms with Crippen molar-refractivity contribution in [2.24, 2.45) is 0 Å². The first-order valence-electron chi connectivity index (χ1n) is 7.72. The van der Waals surface area contributed by atoms with Crippen LogP contribution >= 0.6 is 23.1 Å². The van der Waals surface area contributed by atoms with Gasteiger partial charge >= 0.3 is 6.18 Å². The molecule has 0 unspecified atom stereocenters. The average Bonchev–Trinajstić information content (AvgIpc) is 3.29. The van der Waals surface area contributed by atoms with E-state index in [4.69, 9.17) is 9.52 Å². The topological polar surface area (TPSA) is 105 Å². The Morgan fingerprint density at radius 2 is 2.11 bits per heavy atom. The van der Waals surface area contributed by atoms with E-state index in [0.29, 0.717) is 4.88 Å². The first kappa shape index (κ1) is 20.3. The van der Waals surface area contributed by atoms with Gasteiger partial charge in [-0.25, -0.2) is 9.97 Å². The van der Waals surface area contributed by atoms with Crippen LogP contribution in [0.25, 0.3) is 11.1 Å². The van der Waals surface area contributed by atoms with Gasteiger partial charge in [0.25, 0.3) is 5.22 Å². The molecule has 0 bridgehead atoms. The lowest BCUT2D eigenvalue weighted by Crippen LogP contribution is -2.25. The number of hydrogen-bond acceptors (Lipinski definition) is 8. The SMILES string of the molecule is O=C(CO)NCc1ccc(C(=O)CSc2nc3cc(C(F)(F)F)ncc3o2)s1. The summed E-state index contributed by atoms with van der Waals surface area (Å²) in [5.74, 6) is -0.753. The number of aliphatic hydroxyl groups is 1. The Morgan fingerprint density at radius 1 is 1.32 bits per heavy atom. The number of halogens is 3. The van der Waals surface area contributed by atoms with E-state index in [1.54, 1.807) is 12.1 Å². The minimum absolute atomic E-state index is 0.00955. The number of nitrogens with one attached hydrogen (secondary N) is 1. The van der Waals surface area contributed by atoms with Crippen LogP contribution in [0.3, 0.4) is 0 Å². The van der Waals surface area contributed by atoms with Crippen molar-refractivity contribution in [3.63, 3.8) is 0 Å². The Morgan fingerprint density at radius 3 is 2.82 bits per heavy atom. The third-order valence-corrected chi connectivity index (χ3v) is 5.37. The van der Waals surface area contributed by atoms with Gasteiger partial charge in [0.1, 0.15) is 17.8 Å². The molecule has 12 heteroatoms. The molecular weight excluding hydrogens is 419 g/mol. The van der Waals surface area contributed by atoms with E-state index in [-0.39, 0.29) is 34.4 Å². The van der Waals surface area contributed by atoms with Crippen LogP contribution in [0.4, 0.5) is 13.2 Å². The highest BCUT2D eigenvalue weighted by atomic mass is 32.2. The number of rotatable bonds is 7. The van der Waals surface area contributed by atoms with Crippen LogP contribution in [0.1, 0.15) is 20.2 Å². The van der Waals surface area contributed by atoms with Crippen LogP contribution in [0.2, 0.25) is 0 Å². The summed E-state index contributed by atoms with van der Waals surface area (Å²) in [4.78, 5) is 31.7. The van der Waals surface area contributed by atoms with Crippen molar-refractivity contribution in [3.05, 3.63) is 39.8 Å². The fourth-order valence-corrected chi connectivity index (χ4v) is 3.79. The first-order valence-corrected chi connectivity index (χ1v) is 9.52. The molecule has 0 aliphatic carbocycles. The van der Waals surface area contributed by atoms with Crippen LogP contribution in [0.5, 0.6) is 0 Å². The van der Waals surface area contributed by atoms with Gasteiger partial charge in [-0.2, -0.15) is 13.2 Å². The highest BCUT2D eigenvalue weighted by Gasteiger charge is 2.33. The number of thioether (sulfide) groups is 1. The lowest BCUT2D eigenvalue weighted by atomic mass is 10.3. The zero-order valence-corrected chi connectivity index (χ0v) is 15.6. The molecule has 0 atom stereocenters. The smallest absolute Gasteiger partial charge is 0.430 e. The number of oxazole rings is 1. The van der Waals surface area contributed by atoms with Crippen LogP contribution in [-0.4, -0.2) is 39.1 Å². The molecule has 0 fully saturated rings. The highest BCUT2D eigenvalue weighted by Crippen LogP contribution is 2.31. The number of aromatic nitrogens is 2. The normalized spacial score (nSPS) is 11.7. The lowest BCUT2D eigenvalue weighted by molar-refractivity contribution is -0.141. The highest BCUT2D eigenvalue weighted by molar-refractivity contribution is 7.99. The number of Topliss-reactive ketones (excluding diaryl/α,β-unsaturated/α-hetero) is 1. The second kappa shape index (κ2) is 8.29. The van der Waals surface area contributed by atoms with Crippen molar-refractivity contribution >= 4 is 45.9 Å². The maximum Gasteiger partial charge on any atom is 0.433 e. The van der Waals surface area contributed by atoms with Crippen molar-refractivity contribution in [2.75, 3.05) is 12.4 Å². The second-order valence-corrected chi connectivity index (χ2v) is 7.52. The number of thiophene rings is 1. The van der Waals surface area contributed by atoms with E-state index >= 15 is 0 Å². The van der Waals surface area contributed by atoms with Crippen molar-refractivity contribution in [1.82, 2.24) is 15.3 Å². The number of carbonyl (C=O) groups is 2. The number of pyridine rings is 1. The van der Waals surface area contributed by atoms with Crippen molar-refractivity contribution in [1.29, 1.82) is 0 Å². The molecular formula is C16H12F3N3O4S2.